The van der Waals surface area contributed by atoms with Gasteiger partial charge in [0.15, 0.2) is 0 Å². The van der Waals surface area contributed by atoms with E-state index in [1.807, 2.05) is 0 Å². The van der Waals surface area contributed by atoms with Crippen molar-refractivity contribution in [3.05, 3.63) is 58.9 Å². The van der Waals surface area contributed by atoms with Crippen molar-refractivity contribution >= 4 is 11.6 Å². The van der Waals surface area contributed by atoms with Crippen molar-refractivity contribution in [3.63, 3.8) is 0 Å². The number of benzene rings is 1. The number of aliphatic hydroxyl groups excluding tert-OH is 1. The molecule has 1 aliphatic carbocycles. The van der Waals surface area contributed by atoms with Crippen LogP contribution in [-0.4, -0.2) is 22.4 Å². The predicted octanol–water partition coefficient (Wildman–Crippen LogP) is 3.90. The number of rotatable bonds is 5. The lowest BCUT2D eigenvalue weighted by molar-refractivity contribution is -0.142. The Hall–Kier alpha value is -2.48. The Kier molecular flexibility index (Phi) is 4.18. The first kappa shape index (κ1) is 17.9. The van der Waals surface area contributed by atoms with Crippen LogP contribution in [0, 0.1) is 0 Å². The van der Waals surface area contributed by atoms with E-state index in [1.54, 1.807) is 18.3 Å². The molecule has 1 atom stereocenters. The number of fused-ring (bicyclic) bond motifs is 1. The Labute approximate surface area is 152 Å². The molecule has 0 radical (unpaired) electrons. The van der Waals surface area contributed by atoms with E-state index in [4.69, 9.17) is 0 Å². The summed E-state index contributed by atoms with van der Waals surface area (Å²) in [6.45, 7) is -0.127. The molecule has 0 saturated heterocycles. The Morgan fingerprint density at radius 3 is 2.67 bits per heavy atom. The molecule has 1 aromatic carbocycles. The van der Waals surface area contributed by atoms with E-state index in [-0.39, 0.29) is 12.2 Å². The molecule has 1 aromatic heterocycles. The van der Waals surface area contributed by atoms with Crippen molar-refractivity contribution in [2.75, 3.05) is 4.90 Å². The van der Waals surface area contributed by atoms with Crippen molar-refractivity contribution in [1.82, 2.24) is 4.98 Å². The molecule has 2 aliphatic rings. The van der Waals surface area contributed by atoms with Gasteiger partial charge in [0.2, 0.25) is 0 Å². The molecule has 142 valence electrons. The van der Waals surface area contributed by atoms with Gasteiger partial charge in [-0.2, -0.15) is 8.78 Å². The highest BCUT2D eigenvalue weighted by Crippen LogP contribution is 2.48. The van der Waals surface area contributed by atoms with Crippen LogP contribution < -0.4 is 4.90 Å². The molecule has 1 fully saturated rings. The second kappa shape index (κ2) is 6.30. The van der Waals surface area contributed by atoms with E-state index in [1.165, 1.54) is 12.1 Å². The number of aromatic nitrogens is 1. The maximum absolute atomic E-state index is 14.6. The van der Waals surface area contributed by atoms with Gasteiger partial charge in [-0.25, -0.2) is 8.78 Å². The highest BCUT2D eigenvalue weighted by molar-refractivity contribution is 6.06. The van der Waals surface area contributed by atoms with E-state index in [0.717, 1.165) is 29.5 Å². The molecule has 27 heavy (non-hydrogen) atoms. The zero-order valence-corrected chi connectivity index (χ0v) is 14.1. The third-order valence-corrected chi connectivity index (χ3v) is 4.93. The maximum Gasteiger partial charge on any atom is 0.352 e. The molecule has 1 aliphatic heterocycles. The van der Waals surface area contributed by atoms with Crippen molar-refractivity contribution in [2.45, 2.75) is 43.8 Å². The minimum Gasteiger partial charge on any atom is -0.382 e. The average Bonchev–Trinajstić information content (AvgIpc) is 3.47. The zero-order valence-electron chi connectivity index (χ0n) is 14.1. The van der Waals surface area contributed by atoms with Crippen LogP contribution in [0.15, 0.2) is 36.5 Å². The van der Waals surface area contributed by atoms with Gasteiger partial charge in [-0.05, 0) is 42.2 Å². The lowest BCUT2D eigenvalue weighted by atomic mass is 9.98. The number of hydrogen-bond donors (Lipinski definition) is 1. The van der Waals surface area contributed by atoms with Gasteiger partial charge >= 0.3 is 11.8 Å². The number of halogens is 4. The quantitative estimate of drug-likeness (QED) is 0.801. The Morgan fingerprint density at radius 2 is 2.00 bits per heavy atom. The number of alkyl halides is 4. The fourth-order valence-electron chi connectivity index (χ4n) is 3.43. The smallest absolute Gasteiger partial charge is 0.352 e. The van der Waals surface area contributed by atoms with Crippen molar-refractivity contribution in [3.8, 4) is 0 Å². The van der Waals surface area contributed by atoms with Gasteiger partial charge in [0.25, 0.3) is 6.43 Å². The van der Waals surface area contributed by atoms with E-state index in [0.29, 0.717) is 11.5 Å². The summed E-state index contributed by atoms with van der Waals surface area (Å²) in [6.07, 6.45) is -2.01. The standard InChI is InChI=1S/C19H16F4N2O2/c20-17(21)16(26)12-2-1-3-14-15(12)19(22,23)18(27)25(14)9-10-6-7-24-13(8-10)11-4-5-11/h1-3,6-8,11,16-17,26H,4-5,9H2. The van der Waals surface area contributed by atoms with E-state index < -0.39 is 35.5 Å². The summed E-state index contributed by atoms with van der Waals surface area (Å²) in [5.74, 6) is -5.11. The Bertz CT molecular complexity index is 899. The lowest BCUT2D eigenvalue weighted by Crippen LogP contribution is -2.34. The molecule has 2 heterocycles. The molecule has 2 aromatic rings. The SMILES string of the molecule is O=C1N(Cc2ccnc(C3CC3)c2)c2cccc(C(O)C(F)F)c2C1(F)F. The van der Waals surface area contributed by atoms with E-state index in [2.05, 4.69) is 4.98 Å². The largest absolute Gasteiger partial charge is 0.382 e. The second-order valence-electron chi connectivity index (χ2n) is 6.85. The van der Waals surface area contributed by atoms with Gasteiger partial charge in [-0.3, -0.25) is 9.78 Å². The van der Waals surface area contributed by atoms with Gasteiger partial charge in [0.1, 0.15) is 6.10 Å². The van der Waals surface area contributed by atoms with Crippen LogP contribution in [0.1, 0.15) is 47.2 Å². The number of carbonyl (C=O) groups is 1. The molecule has 0 spiro atoms. The summed E-state index contributed by atoms with van der Waals surface area (Å²) >= 11 is 0. The summed E-state index contributed by atoms with van der Waals surface area (Å²) in [5.41, 5.74) is -0.153. The van der Waals surface area contributed by atoms with E-state index in [9.17, 15) is 27.5 Å². The summed E-state index contributed by atoms with van der Waals surface area (Å²) in [5, 5.41) is 9.64. The molecular weight excluding hydrogens is 364 g/mol. The van der Waals surface area contributed by atoms with Crippen LogP contribution in [0.2, 0.25) is 0 Å². The molecule has 8 heteroatoms. The first-order chi connectivity index (χ1) is 12.8. The van der Waals surface area contributed by atoms with Crippen LogP contribution in [0.5, 0.6) is 0 Å². The van der Waals surface area contributed by atoms with Crippen LogP contribution in [0.3, 0.4) is 0 Å². The molecule has 1 N–H and O–H groups in total. The molecule has 4 rings (SSSR count). The van der Waals surface area contributed by atoms with Crippen LogP contribution in [0.4, 0.5) is 23.2 Å². The first-order valence-corrected chi connectivity index (χ1v) is 8.55. The minimum atomic E-state index is -3.98. The topological polar surface area (TPSA) is 53.4 Å². The summed E-state index contributed by atoms with van der Waals surface area (Å²) in [4.78, 5) is 17.5. The van der Waals surface area contributed by atoms with Gasteiger partial charge in [-0.1, -0.05) is 12.1 Å². The van der Waals surface area contributed by atoms with Crippen LogP contribution >= 0.6 is 0 Å². The fraction of sp³-hybridized carbons (Fsp3) is 0.368. The average molecular weight is 380 g/mol. The highest BCUT2D eigenvalue weighted by atomic mass is 19.3. The number of hydrogen-bond acceptors (Lipinski definition) is 3. The molecule has 1 amide bonds. The number of nitrogens with zero attached hydrogens (tertiary/aromatic N) is 2. The number of aliphatic hydroxyl groups is 1. The Morgan fingerprint density at radius 1 is 1.26 bits per heavy atom. The lowest BCUT2D eigenvalue weighted by Gasteiger charge is -2.18. The highest BCUT2D eigenvalue weighted by Gasteiger charge is 2.55. The summed E-state index contributed by atoms with van der Waals surface area (Å²) in [6, 6.07) is 6.96. The van der Waals surface area contributed by atoms with Crippen LogP contribution in [0.25, 0.3) is 0 Å². The van der Waals surface area contributed by atoms with Gasteiger partial charge < -0.3 is 10.0 Å². The third kappa shape index (κ3) is 2.97. The monoisotopic (exact) mass is 380 g/mol. The zero-order chi connectivity index (χ0) is 19.3. The molecule has 1 saturated carbocycles. The molecular formula is C19H16F4N2O2. The normalized spacial score (nSPS) is 19.5. The first-order valence-electron chi connectivity index (χ1n) is 8.55. The van der Waals surface area contributed by atoms with Gasteiger partial charge in [0, 0.05) is 17.8 Å². The summed E-state index contributed by atoms with van der Waals surface area (Å²) < 4.78 is 55.1. The van der Waals surface area contributed by atoms with Crippen LogP contribution in [-0.2, 0) is 17.3 Å². The number of amides is 1. The summed E-state index contributed by atoms with van der Waals surface area (Å²) in [7, 11) is 0. The second-order valence-corrected chi connectivity index (χ2v) is 6.85. The third-order valence-electron chi connectivity index (χ3n) is 4.93. The predicted molar refractivity (Wildman–Crippen MR) is 88.7 cm³/mol. The molecule has 1 unspecified atom stereocenters. The van der Waals surface area contributed by atoms with Crippen molar-refractivity contribution < 1.29 is 27.5 Å². The fourth-order valence-corrected chi connectivity index (χ4v) is 3.43. The van der Waals surface area contributed by atoms with E-state index >= 15 is 0 Å². The van der Waals surface area contributed by atoms with Crippen molar-refractivity contribution in [2.24, 2.45) is 0 Å². The molecule has 4 nitrogen and oxygen atoms in total. The molecule has 0 bridgehead atoms. The Balaban J connectivity index is 1.73. The number of anilines is 1. The maximum atomic E-state index is 14.6. The minimum absolute atomic E-state index is 0.127. The van der Waals surface area contributed by atoms with Gasteiger partial charge in [0.05, 0.1) is 17.8 Å². The van der Waals surface area contributed by atoms with Crippen molar-refractivity contribution in [1.29, 1.82) is 0 Å². The van der Waals surface area contributed by atoms with Gasteiger partial charge in [-0.15, -0.1) is 0 Å². The number of carbonyl (C=O) groups excluding carboxylic acids is 1. The number of pyridine rings is 1.